The summed E-state index contributed by atoms with van der Waals surface area (Å²) < 4.78 is 7.11. The molecule has 28 heavy (non-hydrogen) atoms. The summed E-state index contributed by atoms with van der Waals surface area (Å²) in [6.45, 7) is 7.43. The second kappa shape index (κ2) is 8.07. The van der Waals surface area contributed by atoms with Gasteiger partial charge in [-0.1, -0.05) is 17.7 Å². The number of fused-ring (bicyclic) bond motifs is 1. The highest BCUT2D eigenvalue weighted by atomic mass is 35.5. The van der Waals surface area contributed by atoms with Gasteiger partial charge < -0.3 is 14.6 Å². The van der Waals surface area contributed by atoms with Gasteiger partial charge in [0.15, 0.2) is 0 Å². The highest BCUT2D eigenvalue weighted by Crippen LogP contribution is 2.24. The molecule has 1 aromatic heterocycles. The molecule has 3 aromatic rings. The van der Waals surface area contributed by atoms with E-state index in [-0.39, 0.29) is 17.6 Å². The van der Waals surface area contributed by atoms with Crippen molar-refractivity contribution in [3.05, 3.63) is 69.6 Å². The van der Waals surface area contributed by atoms with Gasteiger partial charge in [-0.25, -0.2) is 0 Å². The third-order valence-electron chi connectivity index (χ3n) is 4.60. The summed E-state index contributed by atoms with van der Waals surface area (Å²) in [4.78, 5) is 25.6. The lowest BCUT2D eigenvalue weighted by molar-refractivity contribution is -0.118. The Balaban J connectivity index is 1.89. The SMILES string of the molecule is Cc1c(Cl)cccc1NC(=O)C(C)n1ccc2cc(OC(C)C)ccc2c1=O. The second-order valence-corrected chi connectivity index (χ2v) is 7.43. The van der Waals surface area contributed by atoms with Crippen molar-refractivity contribution in [3.63, 3.8) is 0 Å². The first-order chi connectivity index (χ1) is 13.3. The van der Waals surface area contributed by atoms with E-state index >= 15 is 0 Å². The Hall–Kier alpha value is -2.79. The molecular weight excluding hydrogens is 376 g/mol. The summed E-state index contributed by atoms with van der Waals surface area (Å²) in [5.41, 5.74) is 1.20. The quantitative estimate of drug-likeness (QED) is 0.661. The van der Waals surface area contributed by atoms with Crippen molar-refractivity contribution in [2.75, 3.05) is 5.32 Å². The average Bonchev–Trinajstić information content (AvgIpc) is 2.64. The predicted molar refractivity (Wildman–Crippen MR) is 114 cm³/mol. The van der Waals surface area contributed by atoms with E-state index in [9.17, 15) is 9.59 Å². The largest absolute Gasteiger partial charge is 0.491 e. The normalized spacial score (nSPS) is 12.2. The van der Waals surface area contributed by atoms with Crippen LogP contribution in [0.1, 0.15) is 32.4 Å². The molecule has 1 heterocycles. The van der Waals surface area contributed by atoms with Crippen molar-refractivity contribution in [1.29, 1.82) is 0 Å². The third kappa shape index (κ3) is 4.04. The van der Waals surface area contributed by atoms with Gasteiger partial charge in [0.05, 0.1) is 6.10 Å². The molecule has 0 aliphatic heterocycles. The van der Waals surface area contributed by atoms with Gasteiger partial charge in [0.25, 0.3) is 5.56 Å². The van der Waals surface area contributed by atoms with Crippen molar-refractivity contribution in [2.24, 2.45) is 0 Å². The van der Waals surface area contributed by atoms with Crippen LogP contribution < -0.4 is 15.6 Å². The molecule has 3 rings (SSSR count). The maximum absolute atomic E-state index is 12.9. The molecule has 0 saturated carbocycles. The smallest absolute Gasteiger partial charge is 0.259 e. The molecule has 1 N–H and O–H groups in total. The predicted octanol–water partition coefficient (Wildman–Crippen LogP) is 4.95. The van der Waals surface area contributed by atoms with Gasteiger partial charge >= 0.3 is 0 Å². The standard InChI is InChI=1S/C22H23ClN2O3/c1-13(2)28-17-8-9-18-16(12-17)10-11-25(22(18)27)15(4)21(26)24-20-7-5-6-19(23)14(20)3/h5-13,15H,1-4H3,(H,24,26). The van der Waals surface area contributed by atoms with Gasteiger partial charge in [-0.2, -0.15) is 0 Å². The molecule has 0 fully saturated rings. The Labute approximate surface area is 168 Å². The van der Waals surface area contributed by atoms with Crippen LogP contribution in [0.25, 0.3) is 10.8 Å². The van der Waals surface area contributed by atoms with Gasteiger partial charge in [-0.05, 0) is 75.0 Å². The second-order valence-electron chi connectivity index (χ2n) is 7.02. The Bertz CT molecular complexity index is 1090. The zero-order valence-corrected chi connectivity index (χ0v) is 17.1. The van der Waals surface area contributed by atoms with Crippen LogP contribution >= 0.6 is 11.6 Å². The fourth-order valence-electron chi connectivity index (χ4n) is 3.00. The summed E-state index contributed by atoms with van der Waals surface area (Å²) in [5.74, 6) is 0.424. The number of pyridine rings is 1. The highest BCUT2D eigenvalue weighted by molar-refractivity contribution is 6.31. The van der Waals surface area contributed by atoms with E-state index in [1.165, 1.54) is 4.57 Å². The monoisotopic (exact) mass is 398 g/mol. The number of benzene rings is 2. The minimum absolute atomic E-state index is 0.0523. The molecule has 0 aliphatic rings. The van der Waals surface area contributed by atoms with Crippen molar-refractivity contribution in [2.45, 2.75) is 39.8 Å². The first-order valence-electron chi connectivity index (χ1n) is 9.15. The van der Waals surface area contributed by atoms with Crippen LogP contribution in [0, 0.1) is 6.92 Å². The summed E-state index contributed by atoms with van der Waals surface area (Å²) in [6.07, 6.45) is 1.69. The van der Waals surface area contributed by atoms with Crippen LogP contribution in [-0.2, 0) is 4.79 Å². The Morgan fingerprint density at radius 2 is 1.89 bits per heavy atom. The minimum atomic E-state index is -0.679. The molecule has 146 valence electrons. The third-order valence-corrected chi connectivity index (χ3v) is 5.01. The van der Waals surface area contributed by atoms with Crippen LogP contribution in [0.4, 0.5) is 5.69 Å². The molecule has 1 amide bonds. The van der Waals surface area contributed by atoms with Crippen molar-refractivity contribution >= 4 is 34.0 Å². The number of nitrogens with zero attached hydrogens (tertiary/aromatic N) is 1. The zero-order chi connectivity index (χ0) is 20.4. The van der Waals surface area contributed by atoms with Gasteiger partial charge in [0, 0.05) is 22.3 Å². The number of rotatable bonds is 5. The van der Waals surface area contributed by atoms with E-state index < -0.39 is 6.04 Å². The van der Waals surface area contributed by atoms with Crippen LogP contribution in [0.2, 0.25) is 5.02 Å². The first kappa shape index (κ1) is 20.0. The molecule has 1 unspecified atom stereocenters. The van der Waals surface area contributed by atoms with E-state index in [1.807, 2.05) is 32.9 Å². The minimum Gasteiger partial charge on any atom is -0.491 e. The number of halogens is 1. The fourth-order valence-corrected chi connectivity index (χ4v) is 3.17. The van der Waals surface area contributed by atoms with Crippen molar-refractivity contribution < 1.29 is 9.53 Å². The van der Waals surface area contributed by atoms with E-state index in [0.29, 0.717) is 21.8 Å². The fraction of sp³-hybridized carbons (Fsp3) is 0.273. The molecule has 5 nitrogen and oxygen atoms in total. The number of carbonyl (C=O) groups is 1. The summed E-state index contributed by atoms with van der Waals surface area (Å²) in [6, 6.07) is 11.8. The number of anilines is 1. The van der Waals surface area contributed by atoms with Crippen LogP contribution in [0.3, 0.4) is 0 Å². The Morgan fingerprint density at radius 3 is 2.61 bits per heavy atom. The molecule has 0 aliphatic carbocycles. The van der Waals surface area contributed by atoms with Crippen molar-refractivity contribution in [3.8, 4) is 5.75 Å². The summed E-state index contributed by atoms with van der Waals surface area (Å²) >= 11 is 6.11. The lowest BCUT2D eigenvalue weighted by Crippen LogP contribution is -2.31. The van der Waals surface area contributed by atoms with E-state index in [4.69, 9.17) is 16.3 Å². The van der Waals surface area contributed by atoms with E-state index in [1.54, 1.807) is 43.5 Å². The van der Waals surface area contributed by atoms with E-state index in [0.717, 1.165) is 10.9 Å². The van der Waals surface area contributed by atoms with Crippen molar-refractivity contribution in [1.82, 2.24) is 4.57 Å². The Morgan fingerprint density at radius 1 is 1.14 bits per heavy atom. The number of ether oxygens (including phenoxy) is 1. The number of amides is 1. The van der Waals surface area contributed by atoms with Crippen LogP contribution in [-0.4, -0.2) is 16.6 Å². The van der Waals surface area contributed by atoms with Gasteiger partial charge in [0.1, 0.15) is 11.8 Å². The zero-order valence-electron chi connectivity index (χ0n) is 16.3. The molecule has 0 saturated heterocycles. The summed E-state index contributed by atoms with van der Waals surface area (Å²) in [7, 11) is 0. The molecule has 2 aromatic carbocycles. The molecule has 0 spiro atoms. The maximum atomic E-state index is 12.9. The molecule has 6 heteroatoms. The number of aromatic nitrogens is 1. The maximum Gasteiger partial charge on any atom is 0.259 e. The van der Waals surface area contributed by atoms with Gasteiger partial charge in [-0.3, -0.25) is 9.59 Å². The molecule has 0 radical (unpaired) electrons. The molecule has 0 bridgehead atoms. The van der Waals surface area contributed by atoms with Crippen LogP contribution in [0.5, 0.6) is 5.75 Å². The molecule has 1 atom stereocenters. The average molecular weight is 399 g/mol. The first-order valence-corrected chi connectivity index (χ1v) is 9.53. The number of carbonyl (C=O) groups excluding carboxylic acids is 1. The number of hydrogen-bond acceptors (Lipinski definition) is 3. The van der Waals surface area contributed by atoms with Gasteiger partial charge in [-0.15, -0.1) is 0 Å². The lowest BCUT2D eigenvalue weighted by atomic mass is 10.1. The number of nitrogens with one attached hydrogen (secondary N) is 1. The highest BCUT2D eigenvalue weighted by Gasteiger charge is 2.18. The lowest BCUT2D eigenvalue weighted by Gasteiger charge is -2.17. The Kier molecular flexibility index (Phi) is 5.75. The van der Waals surface area contributed by atoms with E-state index in [2.05, 4.69) is 5.32 Å². The topological polar surface area (TPSA) is 60.3 Å². The summed E-state index contributed by atoms with van der Waals surface area (Å²) in [5, 5.41) is 4.74. The molecular formula is C22H23ClN2O3. The number of hydrogen-bond donors (Lipinski definition) is 1. The van der Waals surface area contributed by atoms with Crippen LogP contribution in [0.15, 0.2) is 53.5 Å². The van der Waals surface area contributed by atoms with Gasteiger partial charge in [0.2, 0.25) is 5.91 Å².